The van der Waals surface area contributed by atoms with Crippen LogP contribution in [0, 0.1) is 11.3 Å². The molecule has 12 aromatic rings. The number of rotatable bonds is 7. The molecule has 12 rings (SSSR count). The maximum atomic E-state index is 10.7. The van der Waals surface area contributed by atoms with Gasteiger partial charge in [-0.3, -0.25) is 0 Å². The first-order valence-electron chi connectivity index (χ1n) is 22.1. The quantitative estimate of drug-likeness (QED) is 0.150. The molecule has 306 valence electrons. The van der Waals surface area contributed by atoms with Gasteiger partial charge in [0.05, 0.1) is 11.6 Å². The Labute approximate surface area is 382 Å². The number of fused-ring (bicyclic) bond motifs is 7. The van der Waals surface area contributed by atoms with E-state index in [0.29, 0.717) is 23.0 Å². The number of benzene rings is 11. The van der Waals surface area contributed by atoms with E-state index in [2.05, 4.69) is 182 Å². The Morgan fingerprint density at radius 2 is 0.682 bits per heavy atom. The molecule has 0 fully saturated rings. The van der Waals surface area contributed by atoms with Crippen molar-refractivity contribution in [2.24, 2.45) is 0 Å². The van der Waals surface area contributed by atoms with Gasteiger partial charge in [-0.05, 0) is 106 Å². The molecule has 0 bridgehead atoms. The van der Waals surface area contributed by atoms with Gasteiger partial charge >= 0.3 is 0 Å². The minimum Gasteiger partial charge on any atom is -0.208 e. The maximum absolute atomic E-state index is 10.7. The third kappa shape index (κ3) is 6.84. The molecular formula is C62H38N4. The second-order valence-electron chi connectivity index (χ2n) is 16.6. The Morgan fingerprint density at radius 1 is 0.258 bits per heavy atom. The van der Waals surface area contributed by atoms with E-state index in [1.54, 1.807) is 0 Å². The zero-order valence-corrected chi connectivity index (χ0v) is 35.7. The first-order valence-corrected chi connectivity index (χ1v) is 22.1. The van der Waals surface area contributed by atoms with Crippen LogP contribution >= 0.6 is 0 Å². The topological polar surface area (TPSA) is 62.5 Å². The van der Waals surface area contributed by atoms with Gasteiger partial charge in [-0.25, -0.2) is 15.0 Å². The van der Waals surface area contributed by atoms with Gasteiger partial charge < -0.3 is 0 Å². The largest absolute Gasteiger partial charge is 0.208 e. The van der Waals surface area contributed by atoms with Crippen molar-refractivity contribution < 1.29 is 0 Å². The number of hydrogen-bond acceptors (Lipinski definition) is 4. The molecule has 1 aromatic heterocycles. The van der Waals surface area contributed by atoms with Gasteiger partial charge in [0.25, 0.3) is 0 Å². The fourth-order valence-electron chi connectivity index (χ4n) is 9.57. The van der Waals surface area contributed by atoms with E-state index in [1.807, 2.05) is 54.6 Å². The van der Waals surface area contributed by atoms with E-state index in [1.165, 1.54) is 48.7 Å². The lowest BCUT2D eigenvalue weighted by molar-refractivity contribution is 1.07. The SMILES string of the molecule is N#Cc1cc(-c2ccccc2-c2ccc3c4ccccc4c4ccccc4c3c2)ccc1-c1cccc(-c2nc(-c3ccccc3)nc(-c3ccc(-c4cccc5ccccc45)cc3)n2)c1. The predicted octanol–water partition coefficient (Wildman–Crippen LogP) is 16.0. The van der Waals surface area contributed by atoms with Gasteiger partial charge in [-0.2, -0.15) is 5.26 Å². The zero-order chi connectivity index (χ0) is 44.0. The molecular weight excluding hydrogens is 801 g/mol. The molecule has 66 heavy (non-hydrogen) atoms. The smallest absolute Gasteiger partial charge is 0.164 e. The highest BCUT2D eigenvalue weighted by Crippen LogP contribution is 2.41. The Balaban J connectivity index is 0.912. The highest BCUT2D eigenvalue weighted by atomic mass is 15.0. The van der Waals surface area contributed by atoms with E-state index in [0.717, 1.165) is 55.6 Å². The van der Waals surface area contributed by atoms with Crippen LogP contribution < -0.4 is 0 Å². The predicted molar refractivity (Wildman–Crippen MR) is 273 cm³/mol. The molecule has 0 aliphatic carbocycles. The van der Waals surface area contributed by atoms with E-state index >= 15 is 0 Å². The number of aromatic nitrogens is 3. The van der Waals surface area contributed by atoms with E-state index in [9.17, 15) is 5.26 Å². The fraction of sp³-hybridized carbons (Fsp3) is 0. The molecule has 0 radical (unpaired) electrons. The molecule has 0 N–H and O–H groups in total. The van der Waals surface area contributed by atoms with Crippen molar-refractivity contribution in [1.82, 2.24) is 15.0 Å². The van der Waals surface area contributed by atoms with Crippen LogP contribution in [0.5, 0.6) is 0 Å². The van der Waals surface area contributed by atoms with Gasteiger partial charge in [-0.15, -0.1) is 0 Å². The lowest BCUT2D eigenvalue weighted by atomic mass is 9.88. The minimum atomic E-state index is 0.555. The molecule has 0 amide bonds. The molecule has 0 atom stereocenters. The fourth-order valence-corrected chi connectivity index (χ4v) is 9.57. The lowest BCUT2D eigenvalue weighted by Gasteiger charge is -2.15. The Kier molecular flexibility index (Phi) is 9.51. The van der Waals surface area contributed by atoms with E-state index in [4.69, 9.17) is 15.0 Å². The average Bonchev–Trinajstić information content (AvgIpc) is 3.40. The second kappa shape index (κ2) is 16.3. The Bertz CT molecular complexity index is 3840. The average molecular weight is 839 g/mol. The van der Waals surface area contributed by atoms with Gasteiger partial charge in [0, 0.05) is 16.7 Å². The summed E-state index contributed by atoms with van der Waals surface area (Å²) in [6, 6.07) is 82.9. The summed E-state index contributed by atoms with van der Waals surface area (Å²) in [6.07, 6.45) is 0. The third-order valence-electron chi connectivity index (χ3n) is 12.8. The molecule has 1 heterocycles. The number of nitriles is 1. The Hall–Kier alpha value is -9.04. The van der Waals surface area contributed by atoms with Crippen molar-refractivity contribution in [2.45, 2.75) is 0 Å². The number of nitrogens with zero attached hydrogens (tertiary/aromatic N) is 4. The summed E-state index contributed by atoms with van der Waals surface area (Å²) in [6.45, 7) is 0. The van der Waals surface area contributed by atoms with Gasteiger partial charge in [-0.1, -0.05) is 212 Å². The summed E-state index contributed by atoms with van der Waals surface area (Å²) in [5.74, 6) is 1.73. The van der Waals surface area contributed by atoms with Crippen LogP contribution in [-0.4, -0.2) is 15.0 Å². The van der Waals surface area contributed by atoms with Crippen molar-refractivity contribution in [2.75, 3.05) is 0 Å². The van der Waals surface area contributed by atoms with Crippen LogP contribution in [0.3, 0.4) is 0 Å². The normalized spacial score (nSPS) is 11.3. The Morgan fingerprint density at radius 3 is 1.36 bits per heavy atom. The number of hydrogen-bond donors (Lipinski definition) is 0. The van der Waals surface area contributed by atoms with Crippen LogP contribution in [0.15, 0.2) is 231 Å². The van der Waals surface area contributed by atoms with Crippen LogP contribution in [0.25, 0.3) is 122 Å². The van der Waals surface area contributed by atoms with Gasteiger partial charge in [0.15, 0.2) is 17.5 Å². The zero-order valence-electron chi connectivity index (χ0n) is 35.7. The highest BCUT2D eigenvalue weighted by Gasteiger charge is 2.17. The molecule has 0 aliphatic heterocycles. The molecule has 4 heteroatoms. The van der Waals surface area contributed by atoms with Crippen molar-refractivity contribution >= 4 is 43.1 Å². The first-order chi connectivity index (χ1) is 32.7. The summed E-state index contributed by atoms with van der Waals surface area (Å²) in [7, 11) is 0. The molecule has 0 unspecified atom stereocenters. The van der Waals surface area contributed by atoms with Gasteiger partial charge in [0.2, 0.25) is 0 Å². The van der Waals surface area contributed by atoms with Crippen molar-refractivity contribution in [3.05, 3.63) is 236 Å². The maximum Gasteiger partial charge on any atom is 0.164 e. The molecule has 0 saturated heterocycles. The second-order valence-corrected chi connectivity index (χ2v) is 16.6. The van der Waals surface area contributed by atoms with Crippen molar-refractivity contribution in [3.8, 4) is 84.7 Å². The lowest BCUT2D eigenvalue weighted by Crippen LogP contribution is -2.00. The molecule has 0 saturated carbocycles. The standard InChI is InChI=1S/C62H38N4/c63-39-48-37-45(52-21-6-7-22-53(52)46-33-35-58-56-25-9-8-23-54(56)55-24-10-11-26-57(55)59(58)38-46)32-34-49(48)44-18-12-19-47(36-44)62-65-60(42-15-2-1-3-16-42)64-61(66-62)43-30-28-41(29-31-43)51-27-13-17-40-14-4-5-20-50(40)51/h1-38H. The minimum absolute atomic E-state index is 0.555. The van der Waals surface area contributed by atoms with Gasteiger partial charge in [0.1, 0.15) is 0 Å². The van der Waals surface area contributed by atoms with E-state index < -0.39 is 0 Å². The van der Waals surface area contributed by atoms with Crippen LogP contribution in [0.2, 0.25) is 0 Å². The summed E-state index contributed by atoms with van der Waals surface area (Å²) in [4.78, 5) is 15.1. The summed E-state index contributed by atoms with van der Waals surface area (Å²) in [5, 5.41) is 20.6. The third-order valence-corrected chi connectivity index (χ3v) is 12.8. The molecule has 11 aromatic carbocycles. The summed E-state index contributed by atoms with van der Waals surface area (Å²) in [5.41, 5.74) is 11.5. The molecule has 4 nitrogen and oxygen atoms in total. The summed E-state index contributed by atoms with van der Waals surface area (Å²) < 4.78 is 0. The molecule has 0 aliphatic rings. The van der Waals surface area contributed by atoms with Crippen LogP contribution in [-0.2, 0) is 0 Å². The van der Waals surface area contributed by atoms with Crippen molar-refractivity contribution in [3.63, 3.8) is 0 Å². The monoisotopic (exact) mass is 838 g/mol. The molecule has 0 spiro atoms. The van der Waals surface area contributed by atoms with Crippen molar-refractivity contribution in [1.29, 1.82) is 5.26 Å². The summed E-state index contributed by atoms with van der Waals surface area (Å²) >= 11 is 0. The van der Waals surface area contributed by atoms with Crippen LogP contribution in [0.4, 0.5) is 0 Å². The first kappa shape index (κ1) is 38.6. The highest BCUT2D eigenvalue weighted by molar-refractivity contribution is 6.25. The van der Waals surface area contributed by atoms with Crippen LogP contribution in [0.1, 0.15) is 5.56 Å². The van der Waals surface area contributed by atoms with E-state index in [-0.39, 0.29) is 0 Å².